The zero-order valence-corrected chi connectivity index (χ0v) is 13.6. The molecule has 2 heteroatoms. The molecule has 0 radical (unpaired) electrons. The predicted molar refractivity (Wildman–Crippen MR) is 87.2 cm³/mol. The van der Waals surface area contributed by atoms with Crippen molar-refractivity contribution in [1.82, 2.24) is 5.32 Å². The average molecular weight is 271 g/mol. The van der Waals surface area contributed by atoms with Gasteiger partial charge in [-0.05, 0) is 52.7 Å². The molecule has 0 aliphatic carbocycles. The van der Waals surface area contributed by atoms with E-state index in [1.807, 2.05) is 0 Å². The van der Waals surface area contributed by atoms with Gasteiger partial charge in [-0.15, -0.1) is 0 Å². The minimum atomic E-state index is 0.0626. The van der Waals surface area contributed by atoms with E-state index in [4.69, 9.17) is 0 Å². The van der Waals surface area contributed by atoms with Crippen LogP contribution in [0.25, 0.3) is 5.57 Å². The Morgan fingerprint density at radius 1 is 1.10 bits per heavy atom. The molecule has 1 aliphatic rings. The molecule has 0 fully saturated rings. The van der Waals surface area contributed by atoms with Crippen molar-refractivity contribution in [2.24, 2.45) is 0 Å². The number of nitrogens with zero attached hydrogens (tertiary/aromatic N) is 1. The molecule has 1 heterocycles. The summed E-state index contributed by atoms with van der Waals surface area (Å²) in [5, 5.41) is 3.71. The maximum absolute atomic E-state index is 3.71. The number of hydrogen-bond acceptors (Lipinski definition) is 1. The molecule has 1 aromatic carbocycles. The third kappa shape index (κ3) is 3.12. The fraction of sp³-hybridized carbons (Fsp3) is 0.500. The third-order valence-electron chi connectivity index (χ3n) is 3.54. The number of amidine groups is 1. The summed E-state index contributed by atoms with van der Waals surface area (Å²) in [7, 11) is 0. The lowest BCUT2D eigenvalue weighted by molar-refractivity contribution is -0.548. The van der Waals surface area contributed by atoms with Gasteiger partial charge in [-0.3, -0.25) is 9.89 Å². The molecule has 0 saturated heterocycles. The topological polar surface area (TPSA) is 15.0 Å². The second kappa shape index (κ2) is 5.43. The molecular weight excluding hydrogens is 244 g/mol. The van der Waals surface area contributed by atoms with Crippen molar-refractivity contribution in [3.63, 3.8) is 0 Å². The van der Waals surface area contributed by atoms with Crippen molar-refractivity contribution in [3.05, 3.63) is 41.5 Å². The smallest absolute Gasteiger partial charge is 0.270 e. The van der Waals surface area contributed by atoms with Crippen molar-refractivity contribution in [2.45, 2.75) is 53.1 Å². The summed E-state index contributed by atoms with van der Waals surface area (Å²) >= 11 is 0. The number of nitrogens with one attached hydrogen (secondary N) is 1. The van der Waals surface area contributed by atoms with Crippen LogP contribution in [0, 0.1) is 0 Å². The van der Waals surface area contributed by atoms with Gasteiger partial charge in [0, 0.05) is 0 Å². The minimum Gasteiger partial charge on any atom is -0.270 e. The van der Waals surface area contributed by atoms with Gasteiger partial charge in [-0.25, -0.2) is 0 Å². The maximum atomic E-state index is 3.71. The van der Waals surface area contributed by atoms with Crippen LogP contribution in [-0.2, 0) is 0 Å². The summed E-state index contributed by atoms with van der Waals surface area (Å²) in [4.78, 5) is 0. The molecule has 0 amide bonds. The van der Waals surface area contributed by atoms with E-state index < -0.39 is 0 Å². The molecule has 0 atom stereocenters. The molecule has 2 nitrogen and oxygen atoms in total. The van der Waals surface area contributed by atoms with Crippen molar-refractivity contribution in [1.29, 1.82) is 0 Å². The fourth-order valence-corrected chi connectivity index (χ4v) is 2.68. The van der Waals surface area contributed by atoms with Gasteiger partial charge in [-0.2, -0.15) is 0 Å². The van der Waals surface area contributed by atoms with Gasteiger partial charge >= 0.3 is 0 Å². The van der Waals surface area contributed by atoms with Crippen LogP contribution in [0.5, 0.6) is 0 Å². The molecule has 108 valence electrons. The van der Waals surface area contributed by atoms with E-state index in [0.717, 1.165) is 6.54 Å². The first-order chi connectivity index (χ1) is 9.29. The Bertz CT molecular complexity index is 543. The summed E-state index contributed by atoms with van der Waals surface area (Å²) < 4.78 is 2.46. The van der Waals surface area contributed by atoms with Crippen LogP contribution in [-0.4, -0.2) is 28.5 Å². The van der Waals surface area contributed by atoms with E-state index >= 15 is 0 Å². The SMILES string of the molecule is CC1=C(c2ccccc2)C(NC(C)(C)C)=[N+](C(C)C)C1. The van der Waals surface area contributed by atoms with Crippen LogP contribution in [0.15, 0.2) is 35.9 Å². The molecular formula is C18H27N2+. The van der Waals surface area contributed by atoms with Crippen LogP contribution >= 0.6 is 0 Å². The molecule has 1 aliphatic heterocycles. The summed E-state index contributed by atoms with van der Waals surface area (Å²) in [5.41, 5.74) is 4.18. The zero-order chi connectivity index (χ0) is 14.9. The van der Waals surface area contributed by atoms with Crippen LogP contribution < -0.4 is 5.32 Å². The van der Waals surface area contributed by atoms with E-state index in [1.165, 1.54) is 22.5 Å². The Morgan fingerprint density at radius 3 is 2.20 bits per heavy atom. The molecule has 0 unspecified atom stereocenters. The van der Waals surface area contributed by atoms with Crippen molar-refractivity contribution in [2.75, 3.05) is 6.54 Å². The van der Waals surface area contributed by atoms with Gasteiger partial charge in [0.25, 0.3) is 5.84 Å². The van der Waals surface area contributed by atoms with E-state index in [2.05, 4.69) is 81.8 Å². The molecule has 0 aromatic heterocycles. The molecule has 0 saturated carbocycles. The summed E-state index contributed by atoms with van der Waals surface area (Å²) in [6, 6.07) is 11.2. The highest BCUT2D eigenvalue weighted by Crippen LogP contribution is 2.26. The Hall–Kier alpha value is -1.57. The molecule has 1 aromatic rings. The van der Waals surface area contributed by atoms with Gasteiger partial charge in [0.2, 0.25) is 0 Å². The Balaban J connectivity index is 2.50. The predicted octanol–water partition coefficient (Wildman–Crippen LogP) is 3.68. The summed E-state index contributed by atoms with van der Waals surface area (Å²) in [6.07, 6.45) is 0. The molecule has 0 spiro atoms. The monoisotopic (exact) mass is 271 g/mol. The van der Waals surface area contributed by atoms with Gasteiger partial charge < -0.3 is 0 Å². The van der Waals surface area contributed by atoms with Crippen molar-refractivity contribution >= 4 is 11.4 Å². The maximum Gasteiger partial charge on any atom is 0.278 e. The Kier molecular flexibility index (Phi) is 4.03. The van der Waals surface area contributed by atoms with Crippen LogP contribution in [0.3, 0.4) is 0 Å². The largest absolute Gasteiger partial charge is 0.278 e. The van der Waals surface area contributed by atoms with Gasteiger partial charge in [0.15, 0.2) is 0 Å². The normalized spacial score (nSPS) is 16.4. The lowest BCUT2D eigenvalue weighted by atomic mass is 10.00. The molecule has 20 heavy (non-hydrogen) atoms. The van der Waals surface area contributed by atoms with E-state index in [0.29, 0.717) is 6.04 Å². The highest BCUT2D eigenvalue weighted by Gasteiger charge is 2.33. The first-order valence-corrected chi connectivity index (χ1v) is 7.47. The van der Waals surface area contributed by atoms with Crippen molar-refractivity contribution in [3.8, 4) is 0 Å². The van der Waals surface area contributed by atoms with E-state index in [9.17, 15) is 0 Å². The average Bonchev–Trinajstić information content (AvgIpc) is 2.65. The minimum absolute atomic E-state index is 0.0626. The lowest BCUT2D eigenvalue weighted by Crippen LogP contribution is -2.45. The van der Waals surface area contributed by atoms with Crippen LogP contribution in [0.2, 0.25) is 0 Å². The van der Waals surface area contributed by atoms with Gasteiger partial charge in [0.05, 0.1) is 17.2 Å². The quantitative estimate of drug-likeness (QED) is 0.811. The second-order valence-corrected chi connectivity index (χ2v) is 6.97. The Labute approximate surface area is 123 Å². The molecule has 0 bridgehead atoms. The summed E-state index contributed by atoms with van der Waals surface area (Å²) in [6.45, 7) is 14.4. The number of hydrogen-bond donors (Lipinski definition) is 1. The lowest BCUT2D eigenvalue weighted by Gasteiger charge is -2.20. The van der Waals surface area contributed by atoms with Gasteiger partial charge in [0.1, 0.15) is 6.54 Å². The molecule has 2 rings (SSSR count). The highest BCUT2D eigenvalue weighted by atomic mass is 15.2. The summed E-state index contributed by atoms with van der Waals surface area (Å²) in [5.74, 6) is 1.27. The van der Waals surface area contributed by atoms with E-state index in [1.54, 1.807) is 0 Å². The number of rotatable bonds is 2. The first kappa shape index (κ1) is 14.8. The van der Waals surface area contributed by atoms with Crippen LogP contribution in [0.4, 0.5) is 0 Å². The third-order valence-corrected chi connectivity index (χ3v) is 3.54. The van der Waals surface area contributed by atoms with E-state index in [-0.39, 0.29) is 5.54 Å². The Morgan fingerprint density at radius 2 is 1.70 bits per heavy atom. The fourth-order valence-electron chi connectivity index (χ4n) is 2.68. The second-order valence-electron chi connectivity index (χ2n) is 6.97. The van der Waals surface area contributed by atoms with Crippen molar-refractivity contribution < 1.29 is 4.58 Å². The zero-order valence-electron chi connectivity index (χ0n) is 13.6. The highest BCUT2D eigenvalue weighted by molar-refractivity contribution is 6.22. The van der Waals surface area contributed by atoms with Crippen LogP contribution in [0.1, 0.15) is 47.1 Å². The molecule has 1 N–H and O–H groups in total. The van der Waals surface area contributed by atoms with Gasteiger partial charge in [-0.1, -0.05) is 30.3 Å². The first-order valence-electron chi connectivity index (χ1n) is 7.47. The standard InChI is InChI=1S/C18H26N2/c1-13(2)20-12-14(3)16(15-10-8-7-9-11-15)17(20)19-18(4,5)6/h7-11,13H,12H2,1-6H3/p+1. The number of benzene rings is 1.